The third-order valence-electron chi connectivity index (χ3n) is 4.15. The molecule has 0 spiro atoms. The van der Waals surface area contributed by atoms with Gasteiger partial charge in [0.2, 0.25) is 0 Å². The van der Waals surface area contributed by atoms with Crippen molar-refractivity contribution >= 4 is 16.8 Å². The van der Waals surface area contributed by atoms with Gasteiger partial charge in [-0.15, -0.1) is 0 Å². The summed E-state index contributed by atoms with van der Waals surface area (Å²) in [4.78, 5) is 4.29. The molecule has 0 aliphatic carbocycles. The van der Waals surface area contributed by atoms with Crippen molar-refractivity contribution in [1.29, 1.82) is 5.41 Å². The molecular weight excluding hydrogens is 426 g/mol. The van der Waals surface area contributed by atoms with Crippen LogP contribution in [0.2, 0.25) is 0 Å². The number of ether oxygens (including phenoxy) is 2. The summed E-state index contributed by atoms with van der Waals surface area (Å²) < 4.78 is 53.9. The van der Waals surface area contributed by atoms with Crippen LogP contribution in [0.5, 0.6) is 23.3 Å². The smallest absolute Gasteiger partial charge is 0.259 e. The quantitative estimate of drug-likeness (QED) is 0.420. The molecule has 3 aromatic rings. The van der Waals surface area contributed by atoms with Crippen LogP contribution in [-0.4, -0.2) is 33.4 Å². The van der Waals surface area contributed by atoms with Crippen LogP contribution in [0.15, 0.2) is 53.4 Å². The van der Waals surface area contributed by atoms with Crippen LogP contribution < -0.4 is 15.2 Å². The van der Waals surface area contributed by atoms with Crippen molar-refractivity contribution in [2.24, 2.45) is 5.73 Å². The molecule has 0 bridgehead atoms. The molecular formula is C21H20F2N4O3S. The van der Waals surface area contributed by atoms with E-state index in [1.165, 1.54) is 35.5 Å². The summed E-state index contributed by atoms with van der Waals surface area (Å²) in [6, 6.07) is 12.4. The Labute approximate surface area is 180 Å². The summed E-state index contributed by atoms with van der Waals surface area (Å²) in [6.45, 7) is 1.23. The fourth-order valence-electron chi connectivity index (χ4n) is 2.55. The van der Waals surface area contributed by atoms with E-state index in [1.54, 1.807) is 38.4 Å². The molecule has 31 heavy (non-hydrogen) atoms. The number of nitrogens with two attached hydrogens (primary N) is 1. The second-order valence-corrected chi connectivity index (χ2v) is 8.36. The molecule has 1 atom stereocenters. The Morgan fingerprint density at radius 1 is 1.03 bits per heavy atom. The molecule has 0 amide bonds. The average Bonchev–Trinajstić information content (AvgIpc) is 2.75. The molecule has 3 N–H and O–H groups in total. The average molecular weight is 446 g/mol. The Bertz CT molecular complexity index is 1170. The Hall–Kier alpha value is -3.37. The van der Waals surface area contributed by atoms with Crippen molar-refractivity contribution in [2.75, 3.05) is 14.1 Å². The van der Waals surface area contributed by atoms with Gasteiger partial charge in [0, 0.05) is 11.1 Å². The number of hydrogen-bond donors (Lipinski definition) is 2. The molecule has 0 fully saturated rings. The van der Waals surface area contributed by atoms with E-state index < -0.39 is 34.4 Å². The maximum absolute atomic E-state index is 14.6. The Morgan fingerprint density at radius 2 is 1.58 bits per heavy atom. The molecule has 1 heterocycles. The van der Waals surface area contributed by atoms with Crippen LogP contribution in [0.25, 0.3) is 0 Å². The first-order valence-electron chi connectivity index (χ1n) is 9.02. The number of hydrogen-bond acceptors (Lipinski definition) is 5. The van der Waals surface area contributed by atoms with Gasteiger partial charge in [-0.05, 0) is 51.4 Å². The Kier molecular flexibility index (Phi) is 6.62. The number of rotatable bonds is 7. The molecule has 162 valence electrons. The first-order chi connectivity index (χ1) is 14.7. The van der Waals surface area contributed by atoms with Crippen molar-refractivity contribution in [3.8, 4) is 23.3 Å². The number of nitrogens with zero attached hydrogens (tertiary/aromatic N) is 2. The molecule has 0 saturated heterocycles. The molecule has 1 aromatic heterocycles. The third kappa shape index (κ3) is 5.04. The lowest BCUT2D eigenvalue weighted by molar-refractivity contribution is 0.372. The van der Waals surface area contributed by atoms with E-state index in [2.05, 4.69) is 4.98 Å². The number of pyridine rings is 1. The van der Waals surface area contributed by atoms with Crippen molar-refractivity contribution in [2.45, 2.75) is 11.8 Å². The minimum absolute atomic E-state index is 0.166. The van der Waals surface area contributed by atoms with Gasteiger partial charge in [0.15, 0.2) is 11.6 Å². The monoisotopic (exact) mass is 446 g/mol. The Balaban J connectivity index is 1.95. The lowest BCUT2D eigenvalue weighted by Crippen LogP contribution is -2.15. The predicted molar refractivity (Wildman–Crippen MR) is 113 cm³/mol. The topological polar surface area (TPSA) is 102 Å². The van der Waals surface area contributed by atoms with Gasteiger partial charge in [-0.1, -0.05) is 18.2 Å². The molecule has 0 aliphatic rings. The van der Waals surface area contributed by atoms with Gasteiger partial charge >= 0.3 is 0 Å². The number of benzene rings is 2. The standard InChI is InChI=1S/C21H20F2N4O3S/c1-12-17(22)20(29-14-7-4-6-13(10-14)19(24)25)26-21(18(12)23)30-15-8-5-9-16(11-15)31(28)27(2)3/h4-11H,1-3H3,(H3,24,25). The third-order valence-corrected chi connectivity index (χ3v) is 5.47. The molecule has 2 aromatic carbocycles. The number of nitrogen functional groups attached to an aromatic ring is 1. The van der Waals surface area contributed by atoms with Crippen molar-refractivity contribution in [3.63, 3.8) is 0 Å². The van der Waals surface area contributed by atoms with Crippen LogP contribution in [0, 0.1) is 24.0 Å². The second kappa shape index (κ2) is 9.19. The molecule has 1 unspecified atom stereocenters. The van der Waals surface area contributed by atoms with E-state index in [-0.39, 0.29) is 22.9 Å². The highest BCUT2D eigenvalue weighted by Gasteiger charge is 2.21. The highest BCUT2D eigenvalue weighted by molar-refractivity contribution is 7.82. The van der Waals surface area contributed by atoms with Gasteiger partial charge < -0.3 is 15.2 Å². The van der Waals surface area contributed by atoms with Crippen LogP contribution >= 0.6 is 0 Å². The SMILES string of the molecule is Cc1c(F)c(Oc2cccc(C(=N)N)c2)nc(Oc2cccc(S(=O)N(C)C)c2)c1F. The zero-order valence-electron chi connectivity index (χ0n) is 17.0. The molecule has 7 nitrogen and oxygen atoms in total. The lowest BCUT2D eigenvalue weighted by Gasteiger charge is -2.14. The maximum Gasteiger partial charge on any atom is 0.259 e. The first-order valence-corrected chi connectivity index (χ1v) is 10.1. The van der Waals surface area contributed by atoms with Crippen molar-refractivity contribution < 1.29 is 22.5 Å². The maximum atomic E-state index is 14.6. The molecule has 10 heteroatoms. The number of nitrogens with one attached hydrogen (secondary N) is 1. The summed E-state index contributed by atoms with van der Waals surface area (Å²) in [7, 11) is 1.88. The van der Waals surface area contributed by atoms with Crippen molar-refractivity contribution in [1.82, 2.24) is 9.29 Å². The largest absolute Gasteiger partial charge is 0.436 e. The Morgan fingerprint density at radius 3 is 2.13 bits per heavy atom. The predicted octanol–water partition coefficient (Wildman–Crippen LogP) is 4.12. The van der Waals surface area contributed by atoms with E-state index in [4.69, 9.17) is 20.6 Å². The van der Waals surface area contributed by atoms with Crippen LogP contribution in [0.3, 0.4) is 0 Å². The summed E-state index contributed by atoms with van der Waals surface area (Å²) in [5.41, 5.74) is 5.49. The highest BCUT2D eigenvalue weighted by atomic mass is 32.2. The van der Waals surface area contributed by atoms with E-state index in [9.17, 15) is 13.0 Å². The molecule has 0 aliphatic heterocycles. The normalized spacial score (nSPS) is 11.9. The number of halogens is 2. The van der Waals surface area contributed by atoms with Gasteiger partial charge in [0.1, 0.15) is 28.3 Å². The lowest BCUT2D eigenvalue weighted by atomic mass is 10.2. The summed E-state index contributed by atoms with van der Waals surface area (Å²) >= 11 is 0. The van der Waals surface area contributed by atoms with Gasteiger partial charge in [0.25, 0.3) is 11.8 Å². The van der Waals surface area contributed by atoms with Gasteiger partial charge in [0.05, 0.1) is 4.90 Å². The second-order valence-electron chi connectivity index (χ2n) is 6.66. The summed E-state index contributed by atoms with van der Waals surface area (Å²) in [5.74, 6) is -2.81. The zero-order chi connectivity index (χ0) is 22.7. The first kappa shape index (κ1) is 22.3. The van der Waals surface area contributed by atoms with E-state index in [0.29, 0.717) is 10.5 Å². The number of amidine groups is 1. The minimum Gasteiger partial charge on any atom is -0.436 e. The highest BCUT2D eigenvalue weighted by Crippen LogP contribution is 2.33. The minimum atomic E-state index is -1.43. The summed E-state index contributed by atoms with van der Waals surface area (Å²) in [5, 5.41) is 7.49. The van der Waals surface area contributed by atoms with E-state index >= 15 is 0 Å². The van der Waals surface area contributed by atoms with E-state index in [0.717, 1.165) is 0 Å². The molecule has 0 saturated carbocycles. The molecule has 0 radical (unpaired) electrons. The van der Waals surface area contributed by atoms with Gasteiger partial charge in [-0.3, -0.25) is 5.41 Å². The van der Waals surface area contributed by atoms with Gasteiger partial charge in [-0.25, -0.2) is 17.3 Å². The van der Waals surface area contributed by atoms with Crippen molar-refractivity contribution in [3.05, 3.63) is 71.3 Å². The summed E-state index contributed by atoms with van der Waals surface area (Å²) in [6.07, 6.45) is 0. The number of aromatic nitrogens is 1. The zero-order valence-corrected chi connectivity index (χ0v) is 17.8. The molecule has 3 rings (SSSR count). The van der Waals surface area contributed by atoms with Crippen LogP contribution in [0.1, 0.15) is 11.1 Å². The fourth-order valence-corrected chi connectivity index (χ4v) is 3.38. The van der Waals surface area contributed by atoms with Gasteiger partial charge in [-0.2, -0.15) is 4.98 Å². The fraction of sp³-hybridized carbons (Fsp3) is 0.143. The van der Waals surface area contributed by atoms with Crippen LogP contribution in [-0.2, 0) is 11.0 Å². The van der Waals surface area contributed by atoms with Crippen LogP contribution in [0.4, 0.5) is 8.78 Å². The van der Waals surface area contributed by atoms with E-state index in [1.807, 2.05) is 0 Å².